The molecule has 3 rings (SSSR count). The van der Waals surface area contributed by atoms with Crippen molar-refractivity contribution in [3.8, 4) is 0 Å². The molecule has 2 saturated carbocycles. The predicted octanol–water partition coefficient (Wildman–Crippen LogP) is 4.63. The second-order valence-electron chi connectivity index (χ2n) is 6.86. The lowest BCUT2D eigenvalue weighted by Gasteiger charge is -2.39. The van der Waals surface area contributed by atoms with E-state index in [1.807, 2.05) is 6.07 Å². The van der Waals surface area contributed by atoms with Crippen molar-refractivity contribution in [3.63, 3.8) is 0 Å². The van der Waals surface area contributed by atoms with Crippen LogP contribution in [0.4, 0.5) is 4.39 Å². The van der Waals surface area contributed by atoms with Gasteiger partial charge in [0.2, 0.25) is 0 Å². The molecule has 0 aliphatic heterocycles. The fourth-order valence-corrected chi connectivity index (χ4v) is 3.96. The molecule has 0 spiro atoms. The van der Waals surface area contributed by atoms with Crippen LogP contribution < -0.4 is 5.32 Å². The Morgan fingerprint density at radius 2 is 2.00 bits per heavy atom. The van der Waals surface area contributed by atoms with Crippen LogP contribution in [0.25, 0.3) is 0 Å². The fraction of sp³-hybridized carbons (Fsp3) is 0.667. The van der Waals surface area contributed by atoms with Gasteiger partial charge < -0.3 is 5.32 Å². The van der Waals surface area contributed by atoms with Crippen LogP contribution in [0.3, 0.4) is 0 Å². The molecule has 0 unspecified atom stereocenters. The van der Waals surface area contributed by atoms with Crippen molar-refractivity contribution < 1.29 is 4.39 Å². The van der Waals surface area contributed by atoms with Gasteiger partial charge in [-0.05, 0) is 61.1 Å². The summed E-state index contributed by atoms with van der Waals surface area (Å²) in [4.78, 5) is 0. The number of hydrogen-bond donors (Lipinski definition) is 1. The maximum absolute atomic E-state index is 13.2. The van der Waals surface area contributed by atoms with Gasteiger partial charge in [-0.15, -0.1) is 0 Å². The Hall–Kier alpha value is -0.890. The summed E-state index contributed by atoms with van der Waals surface area (Å²) >= 11 is 0. The summed E-state index contributed by atoms with van der Waals surface area (Å²) in [5.74, 6) is 0.458. The lowest BCUT2D eigenvalue weighted by molar-refractivity contribution is 0.213. The average Bonchev–Trinajstić information content (AvgIpc) is 2.86. The summed E-state index contributed by atoms with van der Waals surface area (Å²) < 4.78 is 13.2. The number of hydrogen-bond acceptors (Lipinski definition) is 1. The topological polar surface area (TPSA) is 12.0 Å². The Balaban J connectivity index is 1.46. The Morgan fingerprint density at radius 1 is 1.25 bits per heavy atom. The molecular weight excluding hydrogens is 249 g/mol. The number of halogens is 1. The molecule has 1 aromatic carbocycles. The molecule has 0 bridgehead atoms. The number of rotatable bonds is 5. The molecule has 20 heavy (non-hydrogen) atoms. The van der Waals surface area contributed by atoms with Gasteiger partial charge in [0.05, 0.1) is 0 Å². The van der Waals surface area contributed by atoms with E-state index in [1.165, 1.54) is 63.1 Å². The first-order chi connectivity index (χ1) is 9.71. The van der Waals surface area contributed by atoms with E-state index in [2.05, 4.69) is 18.3 Å². The molecule has 0 heterocycles. The smallest absolute Gasteiger partial charge is 0.123 e. The zero-order chi connectivity index (χ0) is 14.0. The molecule has 110 valence electrons. The quantitative estimate of drug-likeness (QED) is 0.826. The summed E-state index contributed by atoms with van der Waals surface area (Å²) in [6.07, 6.45) is 9.26. The van der Waals surface area contributed by atoms with Crippen LogP contribution in [0, 0.1) is 11.2 Å². The van der Waals surface area contributed by atoms with Gasteiger partial charge in [0.15, 0.2) is 0 Å². The SMILES string of the molecule is CCC1(CNC2CC(c3cccc(F)c3)C2)CCCC1. The molecule has 1 aromatic rings. The zero-order valence-corrected chi connectivity index (χ0v) is 12.5. The monoisotopic (exact) mass is 275 g/mol. The van der Waals surface area contributed by atoms with Crippen LogP contribution in [0.15, 0.2) is 24.3 Å². The maximum Gasteiger partial charge on any atom is 0.123 e. The minimum absolute atomic E-state index is 0.102. The number of nitrogens with one attached hydrogen (secondary N) is 1. The second kappa shape index (κ2) is 5.85. The van der Waals surface area contributed by atoms with E-state index in [-0.39, 0.29) is 5.82 Å². The molecule has 1 nitrogen and oxygen atoms in total. The van der Waals surface area contributed by atoms with E-state index < -0.39 is 0 Å². The van der Waals surface area contributed by atoms with Crippen LogP contribution in [0.2, 0.25) is 0 Å². The Kier molecular flexibility index (Phi) is 4.11. The molecule has 0 atom stereocenters. The Labute approximate surface area is 122 Å². The Morgan fingerprint density at radius 3 is 2.65 bits per heavy atom. The summed E-state index contributed by atoms with van der Waals surface area (Å²) in [6.45, 7) is 3.52. The minimum atomic E-state index is -0.102. The third-order valence-electron chi connectivity index (χ3n) is 5.64. The summed E-state index contributed by atoms with van der Waals surface area (Å²) in [7, 11) is 0. The van der Waals surface area contributed by atoms with Crippen LogP contribution in [0.1, 0.15) is 63.4 Å². The van der Waals surface area contributed by atoms with E-state index in [0.29, 0.717) is 17.4 Å². The van der Waals surface area contributed by atoms with Crippen molar-refractivity contribution in [2.24, 2.45) is 5.41 Å². The van der Waals surface area contributed by atoms with Crippen LogP contribution >= 0.6 is 0 Å². The first kappa shape index (κ1) is 14.1. The third kappa shape index (κ3) is 2.90. The molecule has 2 aliphatic rings. The second-order valence-corrected chi connectivity index (χ2v) is 6.86. The molecule has 2 fully saturated rings. The number of benzene rings is 1. The van der Waals surface area contributed by atoms with Crippen molar-refractivity contribution in [1.82, 2.24) is 5.32 Å². The molecule has 0 amide bonds. The van der Waals surface area contributed by atoms with Crippen molar-refractivity contribution in [3.05, 3.63) is 35.6 Å². The highest BCUT2D eigenvalue weighted by molar-refractivity contribution is 5.23. The fourth-order valence-electron chi connectivity index (χ4n) is 3.96. The molecular formula is C18H26FN. The van der Waals surface area contributed by atoms with E-state index in [9.17, 15) is 4.39 Å². The van der Waals surface area contributed by atoms with E-state index in [0.717, 1.165) is 0 Å². The van der Waals surface area contributed by atoms with Crippen LogP contribution in [0.5, 0.6) is 0 Å². The zero-order valence-electron chi connectivity index (χ0n) is 12.5. The molecule has 0 radical (unpaired) electrons. The highest BCUT2D eigenvalue weighted by atomic mass is 19.1. The molecule has 1 N–H and O–H groups in total. The van der Waals surface area contributed by atoms with E-state index >= 15 is 0 Å². The normalized spacial score (nSPS) is 28.3. The van der Waals surface area contributed by atoms with Gasteiger partial charge in [-0.25, -0.2) is 4.39 Å². The van der Waals surface area contributed by atoms with Gasteiger partial charge in [0, 0.05) is 12.6 Å². The van der Waals surface area contributed by atoms with Crippen LogP contribution in [-0.4, -0.2) is 12.6 Å². The lowest BCUT2D eigenvalue weighted by atomic mass is 9.75. The van der Waals surface area contributed by atoms with Gasteiger partial charge in [-0.2, -0.15) is 0 Å². The molecule has 0 aromatic heterocycles. The van der Waals surface area contributed by atoms with Gasteiger partial charge in [0.1, 0.15) is 5.82 Å². The first-order valence-corrected chi connectivity index (χ1v) is 8.20. The van der Waals surface area contributed by atoms with Crippen molar-refractivity contribution >= 4 is 0 Å². The van der Waals surface area contributed by atoms with Gasteiger partial charge in [-0.1, -0.05) is 31.9 Å². The molecule has 2 heteroatoms. The Bertz CT molecular complexity index is 444. The molecule has 2 aliphatic carbocycles. The highest BCUT2D eigenvalue weighted by Crippen LogP contribution is 2.42. The predicted molar refractivity (Wildman–Crippen MR) is 81.4 cm³/mol. The molecule has 0 saturated heterocycles. The average molecular weight is 275 g/mol. The summed E-state index contributed by atoms with van der Waals surface area (Å²) in [5, 5.41) is 3.77. The summed E-state index contributed by atoms with van der Waals surface area (Å²) in [5.41, 5.74) is 1.75. The van der Waals surface area contributed by atoms with E-state index in [1.54, 1.807) is 6.07 Å². The van der Waals surface area contributed by atoms with Crippen LogP contribution in [-0.2, 0) is 0 Å². The lowest BCUT2D eigenvalue weighted by Crippen LogP contribution is -2.44. The van der Waals surface area contributed by atoms with Gasteiger partial charge in [0.25, 0.3) is 0 Å². The maximum atomic E-state index is 13.2. The largest absolute Gasteiger partial charge is 0.313 e. The van der Waals surface area contributed by atoms with Crippen molar-refractivity contribution in [1.29, 1.82) is 0 Å². The third-order valence-corrected chi connectivity index (χ3v) is 5.64. The van der Waals surface area contributed by atoms with Crippen molar-refractivity contribution in [2.45, 2.75) is 63.8 Å². The van der Waals surface area contributed by atoms with Crippen molar-refractivity contribution in [2.75, 3.05) is 6.54 Å². The highest BCUT2D eigenvalue weighted by Gasteiger charge is 2.35. The summed E-state index contributed by atoms with van der Waals surface area (Å²) in [6, 6.07) is 7.77. The van der Waals surface area contributed by atoms with E-state index in [4.69, 9.17) is 0 Å². The van der Waals surface area contributed by atoms with Gasteiger partial charge >= 0.3 is 0 Å². The minimum Gasteiger partial charge on any atom is -0.313 e. The first-order valence-electron chi connectivity index (χ1n) is 8.20. The van der Waals surface area contributed by atoms with Gasteiger partial charge in [-0.3, -0.25) is 0 Å². The standard InChI is InChI=1S/C18H26FN/c1-2-18(8-3-4-9-18)13-20-17-11-15(12-17)14-6-5-7-16(19)10-14/h5-7,10,15,17,20H,2-4,8-9,11-13H2,1H3.